The molecule has 0 unspecified atom stereocenters. The van der Waals surface area contributed by atoms with Gasteiger partial charge in [-0.3, -0.25) is 4.79 Å². The van der Waals surface area contributed by atoms with Crippen molar-refractivity contribution in [3.8, 4) is 11.4 Å². The molecule has 1 aromatic heterocycles. The summed E-state index contributed by atoms with van der Waals surface area (Å²) < 4.78 is 1.39. The van der Waals surface area contributed by atoms with E-state index in [-0.39, 0.29) is 5.91 Å². The summed E-state index contributed by atoms with van der Waals surface area (Å²) in [6.07, 6.45) is 0. The molecule has 1 amide bonds. The Morgan fingerprint density at radius 1 is 1.11 bits per heavy atom. The third-order valence-corrected chi connectivity index (χ3v) is 5.93. The maximum absolute atomic E-state index is 13.1. The van der Waals surface area contributed by atoms with Gasteiger partial charge in [-0.05, 0) is 31.5 Å². The second-order valence-corrected chi connectivity index (χ2v) is 7.55. The smallest absolute Gasteiger partial charge is 0.240 e. The quantitative estimate of drug-likeness (QED) is 0.466. The van der Waals surface area contributed by atoms with Crippen LogP contribution in [-0.4, -0.2) is 38.8 Å². The van der Waals surface area contributed by atoms with Gasteiger partial charge in [0.1, 0.15) is 5.25 Å². The Morgan fingerprint density at radius 2 is 1.75 bits per heavy atom. The molecule has 0 aliphatic carbocycles. The predicted octanol–water partition coefficient (Wildman–Crippen LogP) is 4.01. The van der Waals surface area contributed by atoms with Gasteiger partial charge in [0, 0.05) is 18.7 Å². The molecule has 1 heterocycles. The molecule has 6 nitrogen and oxygen atoms in total. The fraction of sp³-hybridized carbons (Fsp3) is 0.250. The van der Waals surface area contributed by atoms with E-state index in [4.69, 9.17) is 17.4 Å². The average molecular weight is 416 g/mol. The average Bonchev–Trinajstić information content (AvgIpc) is 3.08. The van der Waals surface area contributed by atoms with Crippen LogP contribution in [0, 0.1) is 0 Å². The van der Waals surface area contributed by atoms with E-state index >= 15 is 0 Å². The number of hydrogen-bond donors (Lipinski definition) is 1. The molecule has 28 heavy (non-hydrogen) atoms. The van der Waals surface area contributed by atoms with E-state index in [0.29, 0.717) is 34.7 Å². The topological polar surface area (TPSA) is 77.0 Å². The Hall–Kier alpha value is -2.51. The first kappa shape index (κ1) is 20.2. The SMILES string of the molecule is CCN(CC)C(=O)[C@H](Sc1nnc(-c2ccccc2Cl)n1N)c1ccccc1. The van der Waals surface area contributed by atoms with Gasteiger partial charge in [-0.25, -0.2) is 4.68 Å². The number of benzene rings is 2. The van der Waals surface area contributed by atoms with E-state index < -0.39 is 5.25 Å². The van der Waals surface area contributed by atoms with Crippen LogP contribution < -0.4 is 5.84 Å². The molecule has 1 atom stereocenters. The summed E-state index contributed by atoms with van der Waals surface area (Å²) in [5.41, 5.74) is 1.59. The van der Waals surface area contributed by atoms with Crippen molar-refractivity contribution in [3.05, 3.63) is 65.2 Å². The fourth-order valence-electron chi connectivity index (χ4n) is 2.88. The summed E-state index contributed by atoms with van der Waals surface area (Å²) in [6, 6.07) is 16.9. The normalized spacial score (nSPS) is 12.0. The summed E-state index contributed by atoms with van der Waals surface area (Å²) in [7, 11) is 0. The number of nitrogen functional groups attached to an aromatic ring is 1. The minimum absolute atomic E-state index is 0.0171. The number of halogens is 1. The Labute approximate surface area is 173 Å². The number of likely N-dealkylation sites (N-methyl/N-ethyl adjacent to an activating group) is 1. The molecule has 0 aliphatic heterocycles. The summed E-state index contributed by atoms with van der Waals surface area (Å²) in [6.45, 7) is 5.21. The van der Waals surface area contributed by atoms with Gasteiger partial charge in [0.15, 0.2) is 5.82 Å². The molecule has 0 fully saturated rings. The van der Waals surface area contributed by atoms with Crippen molar-refractivity contribution in [3.63, 3.8) is 0 Å². The lowest BCUT2D eigenvalue weighted by Gasteiger charge is -2.24. The van der Waals surface area contributed by atoms with Crippen LogP contribution in [0.3, 0.4) is 0 Å². The van der Waals surface area contributed by atoms with Crippen LogP contribution in [0.2, 0.25) is 5.02 Å². The number of nitrogens with two attached hydrogens (primary N) is 1. The van der Waals surface area contributed by atoms with Crippen molar-refractivity contribution in [1.29, 1.82) is 0 Å². The largest absolute Gasteiger partial charge is 0.342 e. The summed E-state index contributed by atoms with van der Waals surface area (Å²) in [5.74, 6) is 6.73. The second-order valence-electron chi connectivity index (χ2n) is 6.08. The molecule has 0 spiro atoms. The molecule has 3 aromatic rings. The number of carbonyl (C=O) groups is 1. The highest BCUT2D eigenvalue weighted by molar-refractivity contribution is 8.00. The minimum atomic E-state index is -0.466. The first-order valence-corrected chi connectivity index (χ1v) is 10.3. The zero-order valence-corrected chi connectivity index (χ0v) is 17.3. The molecular weight excluding hydrogens is 394 g/mol. The molecule has 8 heteroatoms. The van der Waals surface area contributed by atoms with Gasteiger partial charge in [0.25, 0.3) is 0 Å². The van der Waals surface area contributed by atoms with Crippen LogP contribution in [0.1, 0.15) is 24.7 Å². The van der Waals surface area contributed by atoms with Crippen LogP contribution in [0.4, 0.5) is 0 Å². The van der Waals surface area contributed by atoms with Crippen LogP contribution in [0.25, 0.3) is 11.4 Å². The van der Waals surface area contributed by atoms with E-state index in [9.17, 15) is 4.79 Å². The number of thioether (sulfide) groups is 1. The monoisotopic (exact) mass is 415 g/mol. The van der Waals surface area contributed by atoms with Gasteiger partial charge in [0.05, 0.1) is 5.02 Å². The van der Waals surface area contributed by atoms with Gasteiger partial charge < -0.3 is 10.7 Å². The van der Waals surface area contributed by atoms with Crippen molar-refractivity contribution in [2.75, 3.05) is 18.9 Å². The van der Waals surface area contributed by atoms with Gasteiger partial charge in [0.2, 0.25) is 11.1 Å². The van der Waals surface area contributed by atoms with Crippen LogP contribution in [0.15, 0.2) is 59.8 Å². The summed E-state index contributed by atoms with van der Waals surface area (Å²) >= 11 is 7.55. The standard InChI is InChI=1S/C20H22ClN5OS/c1-3-25(4-2)19(27)17(14-10-6-5-7-11-14)28-20-24-23-18(26(20)22)15-12-8-9-13-16(15)21/h5-13,17H,3-4,22H2,1-2H3/t17-/m1/s1. The van der Waals surface area contributed by atoms with Crippen molar-refractivity contribution in [2.24, 2.45) is 0 Å². The molecule has 0 bridgehead atoms. The van der Waals surface area contributed by atoms with Gasteiger partial charge in [-0.15, -0.1) is 10.2 Å². The zero-order valence-electron chi connectivity index (χ0n) is 15.7. The molecule has 0 saturated heterocycles. The Balaban J connectivity index is 1.96. The lowest BCUT2D eigenvalue weighted by molar-refractivity contribution is -0.130. The molecule has 0 saturated carbocycles. The number of hydrogen-bond acceptors (Lipinski definition) is 5. The number of rotatable bonds is 7. The molecule has 0 aliphatic rings. The maximum Gasteiger partial charge on any atom is 0.240 e. The molecule has 0 radical (unpaired) electrons. The van der Waals surface area contributed by atoms with Crippen molar-refractivity contribution in [2.45, 2.75) is 24.3 Å². The lowest BCUT2D eigenvalue weighted by Crippen LogP contribution is -2.34. The number of carbonyl (C=O) groups excluding carboxylic acids is 1. The molecular formula is C20H22ClN5OS. The zero-order chi connectivity index (χ0) is 20.1. The Morgan fingerprint density at radius 3 is 2.39 bits per heavy atom. The number of amides is 1. The van der Waals surface area contributed by atoms with Crippen molar-refractivity contribution >= 4 is 29.3 Å². The van der Waals surface area contributed by atoms with Crippen molar-refractivity contribution in [1.82, 2.24) is 19.8 Å². The van der Waals surface area contributed by atoms with E-state index in [1.807, 2.05) is 62.4 Å². The maximum atomic E-state index is 13.1. The highest BCUT2D eigenvalue weighted by Gasteiger charge is 2.28. The first-order chi connectivity index (χ1) is 13.6. The number of aromatic nitrogens is 3. The molecule has 146 valence electrons. The van der Waals surface area contributed by atoms with E-state index in [1.165, 1.54) is 16.4 Å². The third kappa shape index (κ3) is 4.15. The van der Waals surface area contributed by atoms with Crippen molar-refractivity contribution < 1.29 is 4.79 Å². The second kappa shape index (κ2) is 9.12. The third-order valence-electron chi connectivity index (χ3n) is 4.40. The van der Waals surface area contributed by atoms with Gasteiger partial charge >= 0.3 is 0 Å². The highest BCUT2D eigenvalue weighted by atomic mass is 35.5. The van der Waals surface area contributed by atoms with E-state index in [1.54, 1.807) is 11.0 Å². The van der Waals surface area contributed by atoms with Crippen LogP contribution in [-0.2, 0) is 4.79 Å². The van der Waals surface area contributed by atoms with Crippen LogP contribution >= 0.6 is 23.4 Å². The van der Waals surface area contributed by atoms with Gasteiger partial charge in [-0.1, -0.05) is 65.8 Å². The molecule has 2 aromatic carbocycles. The lowest BCUT2D eigenvalue weighted by atomic mass is 10.1. The first-order valence-electron chi connectivity index (χ1n) is 9.02. The summed E-state index contributed by atoms with van der Waals surface area (Å²) in [5, 5.41) is 8.93. The van der Waals surface area contributed by atoms with E-state index in [0.717, 1.165) is 5.56 Å². The minimum Gasteiger partial charge on any atom is -0.342 e. The van der Waals surface area contributed by atoms with E-state index in [2.05, 4.69) is 10.2 Å². The van der Waals surface area contributed by atoms with Gasteiger partial charge in [-0.2, -0.15) is 0 Å². The van der Waals surface area contributed by atoms with Crippen LogP contribution in [0.5, 0.6) is 0 Å². The Kier molecular flexibility index (Phi) is 6.59. The summed E-state index contributed by atoms with van der Waals surface area (Å²) in [4.78, 5) is 14.9. The highest BCUT2D eigenvalue weighted by Crippen LogP contribution is 2.37. The fourth-order valence-corrected chi connectivity index (χ4v) is 4.14. The molecule has 3 rings (SSSR count). The molecule has 2 N–H and O–H groups in total. The number of nitrogens with zero attached hydrogens (tertiary/aromatic N) is 4. The predicted molar refractivity (Wildman–Crippen MR) is 114 cm³/mol. The Bertz CT molecular complexity index is 943.